The van der Waals surface area contributed by atoms with Crippen LogP contribution in [-0.4, -0.2) is 55.3 Å². The predicted molar refractivity (Wildman–Crippen MR) is 101 cm³/mol. The second-order valence-electron chi connectivity index (χ2n) is 6.59. The van der Waals surface area contributed by atoms with Gasteiger partial charge in [0.1, 0.15) is 5.75 Å². The van der Waals surface area contributed by atoms with E-state index in [4.69, 9.17) is 25.8 Å². The lowest BCUT2D eigenvalue weighted by molar-refractivity contribution is -0.135. The molecule has 0 unspecified atom stereocenters. The van der Waals surface area contributed by atoms with Crippen LogP contribution in [0.5, 0.6) is 17.2 Å². The van der Waals surface area contributed by atoms with Gasteiger partial charge in [0.05, 0.1) is 0 Å². The normalized spacial score (nSPS) is 16.4. The molecule has 2 heterocycles. The molecular weight excluding hydrogens is 368 g/mol. The van der Waals surface area contributed by atoms with Crippen molar-refractivity contribution in [2.24, 2.45) is 0 Å². The first-order valence-electron chi connectivity index (χ1n) is 8.94. The van der Waals surface area contributed by atoms with Crippen molar-refractivity contribution in [3.8, 4) is 17.2 Å². The third kappa shape index (κ3) is 4.46. The van der Waals surface area contributed by atoms with E-state index in [1.54, 1.807) is 18.2 Å². The number of piperazine rings is 1. The summed E-state index contributed by atoms with van der Waals surface area (Å²) in [5.74, 6) is 1.95. The lowest BCUT2D eigenvalue weighted by Gasteiger charge is -2.34. The van der Waals surface area contributed by atoms with E-state index in [0.717, 1.165) is 24.7 Å². The molecule has 0 bridgehead atoms. The SMILES string of the molecule is O=C(COc1ccc2c(c1)OCO2)N1CCN(Cc2ccc(Cl)cc2)CC1. The van der Waals surface area contributed by atoms with Gasteiger partial charge in [-0.1, -0.05) is 23.7 Å². The van der Waals surface area contributed by atoms with Gasteiger partial charge in [0.15, 0.2) is 18.1 Å². The van der Waals surface area contributed by atoms with Gasteiger partial charge in [0.2, 0.25) is 6.79 Å². The topological polar surface area (TPSA) is 51.2 Å². The van der Waals surface area contributed by atoms with Gasteiger partial charge in [0.25, 0.3) is 5.91 Å². The van der Waals surface area contributed by atoms with Crippen molar-refractivity contribution in [2.75, 3.05) is 39.6 Å². The summed E-state index contributed by atoms with van der Waals surface area (Å²) in [6.07, 6.45) is 0. The molecule has 0 spiro atoms. The first-order chi connectivity index (χ1) is 13.2. The molecule has 2 aliphatic heterocycles. The number of halogens is 1. The summed E-state index contributed by atoms with van der Waals surface area (Å²) in [4.78, 5) is 16.6. The van der Waals surface area contributed by atoms with Crippen molar-refractivity contribution in [2.45, 2.75) is 6.54 Å². The summed E-state index contributed by atoms with van der Waals surface area (Å²) in [7, 11) is 0. The number of benzene rings is 2. The Morgan fingerprint density at radius 3 is 2.52 bits per heavy atom. The molecule has 27 heavy (non-hydrogen) atoms. The fraction of sp³-hybridized carbons (Fsp3) is 0.350. The van der Waals surface area contributed by atoms with E-state index in [9.17, 15) is 4.79 Å². The lowest BCUT2D eigenvalue weighted by Crippen LogP contribution is -2.49. The molecule has 1 amide bonds. The maximum atomic E-state index is 12.4. The molecule has 0 aliphatic carbocycles. The highest BCUT2D eigenvalue weighted by molar-refractivity contribution is 6.30. The summed E-state index contributed by atoms with van der Waals surface area (Å²) in [6.45, 7) is 4.21. The Kier molecular flexibility index (Phi) is 5.36. The number of nitrogens with zero attached hydrogens (tertiary/aromatic N) is 2. The predicted octanol–water partition coefficient (Wildman–Crippen LogP) is 2.79. The maximum absolute atomic E-state index is 12.4. The zero-order valence-electron chi connectivity index (χ0n) is 14.9. The molecule has 2 aromatic rings. The van der Waals surface area contributed by atoms with E-state index in [-0.39, 0.29) is 19.3 Å². The summed E-state index contributed by atoms with van der Waals surface area (Å²) in [6, 6.07) is 13.2. The fourth-order valence-electron chi connectivity index (χ4n) is 3.21. The number of carbonyl (C=O) groups excluding carboxylic acids is 1. The monoisotopic (exact) mass is 388 g/mol. The van der Waals surface area contributed by atoms with Gasteiger partial charge in [-0.25, -0.2) is 0 Å². The molecule has 0 saturated carbocycles. The molecule has 0 aromatic heterocycles. The third-order valence-corrected chi connectivity index (χ3v) is 5.00. The number of carbonyl (C=O) groups is 1. The molecule has 142 valence electrons. The molecule has 0 radical (unpaired) electrons. The minimum absolute atomic E-state index is 0.00110. The highest BCUT2D eigenvalue weighted by atomic mass is 35.5. The van der Waals surface area contributed by atoms with Crippen LogP contribution in [0.25, 0.3) is 0 Å². The van der Waals surface area contributed by atoms with Crippen molar-refractivity contribution in [1.29, 1.82) is 0 Å². The first kappa shape index (κ1) is 17.9. The van der Waals surface area contributed by atoms with E-state index in [0.29, 0.717) is 30.3 Å². The van der Waals surface area contributed by atoms with E-state index >= 15 is 0 Å². The average molecular weight is 389 g/mol. The minimum Gasteiger partial charge on any atom is -0.484 e. The Balaban J connectivity index is 1.23. The van der Waals surface area contributed by atoms with Gasteiger partial charge in [-0.2, -0.15) is 0 Å². The van der Waals surface area contributed by atoms with Crippen molar-refractivity contribution in [3.05, 3.63) is 53.1 Å². The highest BCUT2D eigenvalue weighted by Crippen LogP contribution is 2.35. The Hall–Kier alpha value is -2.44. The van der Waals surface area contributed by atoms with Gasteiger partial charge >= 0.3 is 0 Å². The van der Waals surface area contributed by atoms with Gasteiger partial charge < -0.3 is 19.1 Å². The van der Waals surface area contributed by atoms with E-state index < -0.39 is 0 Å². The van der Waals surface area contributed by atoms with Gasteiger partial charge in [0, 0.05) is 43.8 Å². The lowest BCUT2D eigenvalue weighted by atomic mass is 10.2. The van der Waals surface area contributed by atoms with Gasteiger partial charge in [-0.3, -0.25) is 9.69 Å². The van der Waals surface area contributed by atoms with Crippen LogP contribution in [0, 0.1) is 0 Å². The molecule has 0 N–H and O–H groups in total. The van der Waals surface area contributed by atoms with Crippen molar-refractivity contribution in [3.63, 3.8) is 0 Å². The zero-order valence-corrected chi connectivity index (χ0v) is 15.7. The van der Waals surface area contributed by atoms with Crippen LogP contribution in [0.2, 0.25) is 5.02 Å². The molecular formula is C20H21ClN2O4. The molecule has 2 aliphatic rings. The van der Waals surface area contributed by atoms with Crippen LogP contribution in [0.4, 0.5) is 0 Å². The molecule has 1 fully saturated rings. The summed E-state index contributed by atoms with van der Waals surface area (Å²) < 4.78 is 16.2. The van der Waals surface area contributed by atoms with Crippen LogP contribution in [0.15, 0.2) is 42.5 Å². The molecule has 2 aromatic carbocycles. The zero-order chi connectivity index (χ0) is 18.6. The number of ether oxygens (including phenoxy) is 3. The second-order valence-corrected chi connectivity index (χ2v) is 7.02. The molecule has 1 saturated heterocycles. The van der Waals surface area contributed by atoms with Crippen LogP contribution in [-0.2, 0) is 11.3 Å². The quantitative estimate of drug-likeness (QED) is 0.788. The smallest absolute Gasteiger partial charge is 0.260 e. The van der Waals surface area contributed by atoms with Crippen LogP contribution >= 0.6 is 11.6 Å². The van der Waals surface area contributed by atoms with E-state index in [1.165, 1.54) is 5.56 Å². The standard InChI is InChI=1S/C20H21ClN2O4/c21-16-3-1-15(2-4-16)12-22-7-9-23(10-8-22)20(24)13-25-17-5-6-18-19(11-17)27-14-26-18/h1-6,11H,7-10,12-14H2. The highest BCUT2D eigenvalue weighted by Gasteiger charge is 2.22. The number of amides is 1. The Labute approximate surface area is 163 Å². The summed E-state index contributed by atoms with van der Waals surface area (Å²) in [5, 5.41) is 0.747. The molecule has 0 atom stereocenters. The third-order valence-electron chi connectivity index (χ3n) is 4.75. The molecule has 7 heteroatoms. The fourth-order valence-corrected chi connectivity index (χ4v) is 3.33. The average Bonchev–Trinajstić information content (AvgIpc) is 3.16. The number of hydrogen-bond acceptors (Lipinski definition) is 5. The second kappa shape index (κ2) is 8.06. The first-order valence-corrected chi connectivity index (χ1v) is 9.32. The van der Waals surface area contributed by atoms with Crippen LogP contribution in [0.3, 0.4) is 0 Å². The van der Waals surface area contributed by atoms with Crippen molar-refractivity contribution >= 4 is 17.5 Å². The number of rotatable bonds is 5. The number of hydrogen-bond donors (Lipinski definition) is 0. The Morgan fingerprint density at radius 2 is 1.74 bits per heavy atom. The van der Waals surface area contributed by atoms with Crippen LogP contribution in [0.1, 0.15) is 5.56 Å². The maximum Gasteiger partial charge on any atom is 0.260 e. The summed E-state index contributed by atoms with van der Waals surface area (Å²) >= 11 is 5.93. The van der Waals surface area contributed by atoms with Gasteiger partial charge in [-0.05, 0) is 29.8 Å². The van der Waals surface area contributed by atoms with Crippen LogP contribution < -0.4 is 14.2 Å². The Morgan fingerprint density at radius 1 is 1.00 bits per heavy atom. The molecule has 4 rings (SSSR count). The summed E-state index contributed by atoms with van der Waals surface area (Å²) in [5.41, 5.74) is 1.23. The van der Waals surface area contributed by atoms with E-state index in [2.05, 4.69) is 4.90 Å². The largest absolute Gasteiger partial charge is 0.484 e. The van der Waals surface area contributed by atoms with E-state index in [1.807, 2.05) is 29.2 Å². The van der Waals surface area contributed by atoms with Gasteiger partial charge in [-0.15, -0.1) is 0 Å². The Bertz CT molecular complexity index is 804. The number of fused-ring (bicyclic) bond motifs is 1. The van der Waals surface area contributed by atoms with Crippen molar-refractivity contribution in [1.82, 2.24) is 9.80 Å². The van der Waals surface area contributed by atoms with Crippen molar-refractivity contribution < 1.29 is 19.0 Å². The minimum atomic E-state index is -0.00110. The molecule has 6 nitrogen and oxygen atoms in total.